The highest BCUT2D eigenvalue weighted by atomic mass is 19.1. The number of halogens is 2. The summed E-state index contributed by atoms with van der Waals surface area (Å²) in [5.74, 6) is -0.460. The van der Waals surface area contributed by atoms with Crippen molar-refractivity contribution >= 4 is 0 Å². The van der Waals surface area contributed by atoms with E-state index in [-0.39, 0.29) is 12.5 Å². The average molecular weight is 341 g/mol. The molecule has 0 amide bonds. The summed E-state index contributed by atoms with van der Waals surface area (Å²) < 4.78 is 31.9. The van der Waals surface area contributed by atoms with E-state index in [0.29, 0.717) is 17.3 Å². The van der Waals surface area contributed by atoms with Crippen LogP contribution in [0.3, 0.4) is 0 Å². The van der Waals surface area contributed by atoms with Gasteiger partial charge in [-0.15, -0.1) is 0 Å². The molecule has 1 aromatic heterocycles. The van der Waals surface area contributed by atoms with E-state index in [1.54, 1.807) is 0 Å². The number of aryl methyl sites for hydroxylation is 1. The van der Waals surface area contributed by atoms with Crippen LogP contribution in [0.15, 0.2) is 40.9 Å². The molecule has 2 N–H and O–H groups in total. The molecule has 0 saturated heterocycles. The van der Waals surface area contributed by atoms with Crippen LogP contribution in [0.2, 0.25) is 0 Å². The van der Waals surface area contributed by atoms with Gasteiger partial charge >= 0.3 is 0 Å². The molecule has 1 aliphatic carbocycles. The summed E-state index contributed by atoms with van der Waals surface area (Å²) in [5.41, 5.74) is 9.81. The van der Waals surface area contributed by atoms with Crippen LogP contribution in [0.4, 0.5) is 8.78 Å². The molecular weight excluding hydrogens is 324 g/mol. The molecule has 2 aromatic carbocycles. The summed E-state index contributed by atoms with van der Waals surface area (Å²) in [6.45, 7) is 0. The normalized spacial score (nSPS) is 16.7. The molecule has 0 radical (unpaired) electrons. The molecule has 25 heavy (non-hydrogen) atoms. The Hall–Kier alpha value is -2.60. The first-order valence-electron chi connectivity index (χ1n) is 8.25. The highest BCUT2D eigenvalue weighted by molar-refractivity contribution is 5.56. The van der Waals surface area contributed by atoms with Crippen molar-refractivity contribution in [3.8, 4) is 11.5 Å². The highest BCUT2D eigenvalue weighted by Crippen LogP contribution is 2.31. The van der Waals surface area contributed by atoms with E-state index >= 15 is 0 Å². The maximum Gasteiger partial charge on any atom is 0.257 e. The van der Waals surface area contributed by atoms with Crippen LogP contribution in [0.25, 0.3) is 11.5 Å². The zero-order chi connectivity index (χ0) is 17.4. The van der Waals surface area contributed by atoms with Crippen molar-refractivity contribution in [1.29, 1.82) is 0 Å². The van der Waals surface area contributed by atoms with E-state index in [2.05, 4.69) is 10.1 Å². The van der Waals surface area contributed by atoms with Crippen LogP contribution in [0.5, 0.6) is 0 Å². The van der Waals surface area contributed by atoms with Crippen LogP contribution in [-0.2, 0) is 12.8 Å². The number of rotatable bonds is 3. The monoisotopic (exact) mass is 341 g/mol. The predicted octanol–water partition coefficient (Wildman–Crippen LogP) is 3.94. The average Bonchev–Trinajstić information content (AvgIpc) is 3.02. The second-order valence-electron chi connectivity index (χ2n) is 6.38. The first-order chi connectivity index (χ1) is 12.1. The fraction of sp³-hybridized carbons (Fsp3) is 0.263. The Morgan fingerprint density at radius 3 is 2.72 bits per heavy atom. The van der Waals surface area contributed by atoms with E-state index in [1.807, 2.05) is 18.2 Å². The molecule has 0 spiro atoms. The third kappa shape index (κ3) is 3.30. The summed E-state index contributed by atoms with van der Waals surface area (Å²) in [7, 11) is 0. The van der Waals surface area contributed by atoms with Crippen LogP contribution in [-0.4, -0.2) is 10.1 Å². The Morgan fingerprint density at radius 2 is 1.92 bits per heavy atom. The number of benzene rings is 2. The van der Waals surface area contributed by atoms with E-state index in [4.69, 9.17) is 10.3 Å². The molecule has 0 aliphatic heterocycles. The van der Waals surface area contributed by atoms with E-state index in [9.17, 15) is 8.78 Å². The summed E-state index contributed by atoms with van der Waals surface area (Å²) in [6.07, 6.45) is 3.26. The van der Waals surface area contributed by atoms with Crippen LogP contribution in [0.1, 0.15) is 41.4 Å². The number of fused-ring (bicyclic) bond motifs is 1. The van der Waals surface area contributed by atoms with Gasteiger partial charge in [0.1, 0.15) is 11.6 Å². The van der Waals surface area contributed by atoms with Gasteiger partial charge in [-0.3, -0.25) is 0 Å². The summed E-state index contributed by atoms with van der Waals surface area (Å²) in [6, 6.07) is 9.41. The van der Waals surface area contributed by atoms with Gasteiger partial charge in [0.15, 0.2) is 5.82 Å². The first kappa shape index (κ1) is 15.9. The molecule has 4 nitrogen and oxygen atoms in total. The van der Waals surface area contributed by atoms with Crippen molar-refractivity contribution in [3.05, 3.63) is 70.5 Å². The topological polar surface area (TPSA) is 64.9 Å². The molecule has 6 heteroatoms. The standard InChI is InChI=1S/C19H17F2N3O/c20-14-6-11(7-15(21)10-14)8-18-23-19(25-24-18)13-4-5-16-12(9-13)2-1-3-17(16)22/h4-7,9-10,17H,1-3,8,22H2. The van der Waals surface area contributed by atoms with Crippen molar-refractivity contribution < 1.29 is 13.3 Å². The van der Waals surface area contributed by atoms with Gasteiger partial charge in [0.05, 0.1) is 0 Å². The lowest BCUT2D eigenvalue weighted by Crippen LogP contribution is -2.17. The minimum absolute atomic E-state index is 0.0823. The van der Waals surface area contributed by atoms with Crippen molar-refractivity contribution in [2.75, 3.05) is 0 Å². The molecule has 1 aliphatic rings. The van der Waals surface area contributed by atoms with Crippen molar-refractivity contribution in [1.82, 2.24) is 10.1 Å². The van der Waals surface area contributed by atoms with Crippen LogP contribution < -0.4 is 5.73 Å². The summed E-state index contributed by atoms with van der Waals surface area (Å²) >= 11 is 0. The third-order valence-electron chi connectivity index (χ3n) is 4.50. The quantitative estimate of drug-likeness (QED) is 0.784. The zero-order valence-corrected chi connectivity index (χ0v) is 13.5. The SMILES string of the molecule is NC1CCCc2cc(-c3nc(Cc4cc(F)cc(F)c4)no3)ccc21. The fourth-order valence-corrected chi connectivity index (χ4v) is 3.32. The number of aromatic nitrogens is 2. The first-order valence-corrected chi connectivity index (χ1v) is 8.25. The maximum atomic E-state index is 13.3. The number of hydrogen-bond donors (Lipinski definition) is 1. The van der Waals surface area contributed by atoms with Gasteiger partial charge in [-0.1, -0.05) is 11.2 Å². The zero-order valence-electron chi connectivity index (χ0n) is 13.5. The Balaban J connectivity index is 1.59. The Kier molecular flexibility index (Phi) is 4.05. The lowest BCUT2D eigenvalue weighted by atomic mass is 9.87. The predicted molar refractivity (Wildman–Crippen MR) is 88.8 cm³/mol. The molecule has 0 fully saturated rings. The molecule has 0 bridgehead atoms. The number of nitrogens with two attached hydrogens (primary N) is 1. The van der Waals surface area contributed by atoms with E-state index in [1.165, 1.54) is 23.3 Å². The molecule has 1 heterocycles. The molecule has 4 rings (SSSR count). The van der Waals surface area contributed by atoms with Crippen molar-refractivity contribution in [2.24, 2.45) is 5.73 Å². The van der Waals surface area contributed by atoms with Gasteiger partial charge in [-0.2, -0.15) is 4.98 Å². The fourth-order valence-electron chi connectivity index (χ4n) is 3.32. The van der Waals surface area contributed by atoms with Gasteiger partial charge < -0.3 is 10.3 Å². The minimum atomic E-state index is -0.621. The summed E-state index contributed by atoms with van der Waals surface area (Å²) in [4.78, 5) is 4.35. The Labute approximate surface area is 143 Å². The maximum absolute atomic E-state index is 13.3. The Bertz CT molecular complexity index is 903. The number of nitrogens with zero attached hydrogens (tertiary/aromatic N) is 2. The second-order valence-corrected chi connectivity index (χ2v) is 6.38. The van der Waals surface area contributed by atoms with Crippen molar-refractivity contribution in [3.63, 3.8) is 0 Å². The minimum Gasteiger partial charge on any atom is -0.334 e. The van der Waals surface area contributed by atoms with Crippen molar-refractivity contribution in [2.45, 2.75) is 31.7 Å². The lowest BCUT2D eigenvalue weighted by molar-refractivity contribution is 0.423. The molecule has 128 valence electrons. The Morgan fingerprint density at radius 1 is 1.12 bits per heavy atom. The molecule has 1 atom stereocenters. The van der Waals surface area contributed by atoms with Gasteiger partial charge in [-0.25, -0.2) is 8.78 Å². The van der Waals surface area contributed by atoms with E-state index in [0.717, 1.165) is 30.9 Å². The third-order valence-corrected chi connectivity index (χ3v) is 4.50. The highest BCUT2D eigenvalue weighted by Gasteiger charge is 2.18. The lowest BCUT2D eigenvalue weighted by Gasteiger charge is -2.22. The van der Waals surface area contributed by atoms with Gasteiger partial charge in [0.25, 0.3) is 5.89 Å². The summed E-state index contributed by atoms with van der Waals surface area (Å²) in [5, 5.41) is 3.92. The second kappa shape index (κ2) is 6.37. The van der Waals surface area contributed by atoms with Crippen LogP contribution >= 0.6 is 0 Å². The van der Waals surface area contributed by atoms with Crippen LogP contribution in [0, 0.1) is 11.6 Å². The molecule has 0 saturated carbocycles. The molecule has 3 aromatic rings. The molecule has 1 unspecified atom stereocenters. The molecular formula is C19H17F2N3O. The van der Waals surface area contributed by atoms with Gasteiger partial charge in [0.2, 0.25) is 0 Å². The number of hydrogen-bond acceptors (Lipinski definition) is 4. The van der Waals surface area contributed by atoms with Gasteiger partial charge in [-0.05, 0) is 60.2 Å². The van der Waals surface area contributed by atoms with E-state index < -0.39 is 11.6 Å². The largest absolute Gasteiger partial charge is 0.334 e. The van der Waals surface area contributed by atoms with Gasteiger partial charge in [0, 0.05) is 24.1 Å². The smallest absolute Gasteiger partial charge is 0.257 e.